The zero-order chi connectivity index (χ0) is 12.8. The van der Waals surface area contributed by atoms with E-state index in [4.69, 9.17) is 13.9 Å². The van der Waals surface area contributed by atoms with Crippen LogP contribution in [0.5, 0.6) is 5.75 Å². The highest BCUT2D eigenvalue weighted by molar-refractivity contribution is 5.71. The van der Waals surface area contributed by atoms with Gasteiger partial charge in [-0.1, -0.05) is 12.1 Å². The number of furan rings is 1. The highest BCUT2D eigenvalue weighted by Crippen LogP contribution is 2.22. The lowest BCUT2D eigenvalue weighted by atomic mass is 10.1. The summed E-state index contributed by atoms with van der Waals surface area (Å²) < 4.78 is 15.1. The van der Waals surface area contributed by atoms with Gasteiger partial charge in [-0.15, -0.1) is 0 Å². The normalized spacial score (nSPS) is 10.1. The number of rotatable bonds is 5. The number of benzene rings is 1. The number of esters is 1. The van der Waals surface area contributed by atoms with E-state index in [0.717, 1.165) is 11.1 Å². The van der Waals surface area contributed by atoms with E-state index in [1.807, 2.05) is 30.3 Å². The summed E-state index contributed by atoms with van der Waals surface area (Å²) in [6.07, 6.45) is 3.30. The van der Waals surface area contributed by atoms with Crippen LogP contribution in [0.4, 0.5) is 0 Å². The van der Waals surface area contributed by atoms with E-state index in [-0.39, 0.29) is 12.6 Å². The van der Waals surface area contributed by atoms with E-state index in [1.54, 1.807) is 19.5 Å². The van der Waals surface area contributed by atoms with Crippen LogP contribution in [0.15, 0.2) is 47.3 Å². The Morgan fingerprint density at radius 2 is 1.94 bits per heavy atom. The predicted molar refractivity (Wildman–Crippen MR) is 66.3 cm³/mol. The van der Waals surface area contributed by atoms with Crippen molar-refractivity contribution in [3.63, 3.8) is 0 Å². The van der Waals surface area contributed by atoms with Crippen molar-refractivity contribution < 1.29 is 18.7 Å². The van der Waals surface area contributed by atoms with Crippen LogP contribution in [0.3, 0.4) is 0 Å². The number of carbonyl (C=O) groups excluding carboxylic acids is 1. The van der Waals surface area contributed by atoms with Crippen LogP contribution < -0.4 is 4.74 Å². The van der Waals surface area contributed by atoms with Crippen molar-refractivity contribution in [1.29, 1.82) is 0 Å². The molecule has 2 rings (SSSR count). The minimum Gasteiger partial charge on any atom is -0.482 e. The molecule has 0 saturated heterocycles. The molecule has 4 nitrogen and oxygen atoms in total. The van der Waals surface area contributed by atoms with Crippen LogP contribution in [-0.2, 0) is 9.53 Å². The van der Waals surface area contributed by atoms with Crippen molar-refractivity contribution in [2.24, 2.45) is 0 Å². The number of hydrogen-bond acceptors (Lipinski definition) is 4. The Labute approximate surface area is 105 Å². The molecular formula is C14H14O4. The standard InChI is InChI=1S/C14H14O4/c1-2-17-14(15)10-18-13-5-3-11(4-6-13)12-7-8-16-9-12/h3-9H,2,10H2,1H3. The van der Waals surface area contributed by atoms with Crippen LogP contribution in [0, 0.1) is 0 Å². The molecule has 0 atom stereocenters. The van der Waals surface area contributed by atoms with Gasteiger partial charge in [-0.25, -0.2) is 4.79 Å². The Kier molecular flexibility index (Phi) is 4.02. The van der Waals surface area contributed by atoms with E-state index < -0.39 is 0 Å². The van der Waals surface area contributed by atoms with E-state index in [1.165, 1.54) is 0 Å². The second kappa shape index (κ2) is 5.91. The third-order valence-electron chi connectivity index (χ3n) is 2.37. The van der Waals surface area contributed by atoms with Gasteiger partial charge in [-0.05, 0) is 30.7 Å². The summed E-state index contributed by atoms with van der Waals surface area (Å²) in [5.74, 6) is 0.270. The van der Waals surface area contributed by atoms with Gasteiger partial charge in [0.25, 0.3) is 0 Å². The molecule has 1 aromatic heterocycles. The molecule has 4 heteroatoms. The maximum Gasteiger partial charge on any atom is 0.344 e. The van der Waals surface area contributed by atoms with Crippen LogP contribution in [-0.4, -0.2) is 19.2 Å². The molecular weight excluding hydrogens is 232 g/mol. The van der Waals surface area contributed by atoms with Crippen molar-refractivity contribution in [3.8, 4) is 16.9 Å². The molecule has 0 unspecified atom stereocenters. The Balaban J connectivity index is 1.94. The molecule has 0 bridgehead atoms. The monoisotopic (exact) mass is 246 g/mol. The smallest absolute Gasteiger partial charge is 0.344 e. The summed E-state index contributed by atoms with van der Waals surface area (Å²) in [6, 6.07) is 9.31. The van der Waals surface area contributed by atoms with Gasteiger partial charge in [-0.2, -0.15) is 0 Å². The van der Waals surface area contributed by atoms with Crippen molar-refractivity contribution in [3.05, 3.63) is 42.9 Å². The zero-order valence-electron chi connectivity index (χ0n) is 10.1. The molecule has 0 fully saturated rings. The lowest BCUT2D eigenvalue weighted by molar-refractivity contribution is -0.145. The van der Waals surface area contributed by atoms with Gasteiger partial charge < -0.3 is 13.9 Å². The van der Waals surface area contributed by atoms with Crippen molar-refractivity contribution in [1.82, 2.24) is 0 Å². The highest BCUT2D eigenvalue weighted by Gasteiger charge is 2.03. The topological polar surface area (TPSA) is 48.7 Å². The first kappa shape index (κ1) is 12.2. The molecule has 2 aromatic rings. The molecule has 0 aliphatic carbocycles. The second-order valence-electron chi connectivity index (χ2n) is 3.63. The molecule has 1 heterocycles. The highest BCUT2D eigenvalue weighted by atomic mass is 16.6. The third-order valence-corrected chi connectivity index (χ3v) is 2.37. The van der Waals surface area contributed by atoms with Crippen LogP contribution >= 0.6 is 0 Å². The fraction of sp³-hybridized carbons (Fsp3) is 0.214. The maximum absolute atomic E-state index is 11.1. The molecule has 0 saturated carbocycles. The minimum atomic E-state index is -0.364. The summed E-state index contributed by atoms with van der Waals surface area (Å²) >= 11 is 0. The lowest BCUT2D eigenvalue weighted by Crippen LogP contribution is -2.14. The van der Waals surface area contributed by atoms with E-state index in [9.17, 15) is 4.79 Å². The van der Waals surface area contributed by atoms with Crippen molar-refractivity contribution >= 4 is 5.97 Å². The molecule has 0 aliphatic heterocycles. The summed E-state index contributed by atoms with van der Waals surface area (Å²) in [5, 5.41) is 0. The van der Waals surface area contributed by atoms with E-state index in [2.05, 4.69) is 0 Å². The van der Waals surface area contributed by atoms with Gasteiger partial charge >= 0.3 is 5.97 Å². The lowest BCUT2D eigenvalue weighted by Gasteiger charge is -2.06. The first-order valence-corrected chi connectivity index (χ1v) is 5.70. The summed E-state index contributed by atoms with van der Waals surface area (Å²) in [5.41, 5.74) is 2.04. The van der Waals surface area contributed by atoms with Gasteiger partial charge in [-0.3, -0.25) is 0 Å². The van der Waals surface area contributed by atoms with Crippen LogP contribution in [0.2, 0.25) is 0 Å². The van der Waals surface area contributed by atoms with Gasteiger partial charge in [0.05, 0.1) is 19.1 Å². The third kappa shape index (κ3) is 3.13. The molecule has 0 N–H and O–H groups in total. The zero-order valence-corrected chi connectivity index (χ0v) is 10.1. The molecule has 94 valence electrons. The SMILES string of the molecule is CCOC(=O)COc1ccc(-c2ccoc2)cc1. The van der Waals surface area contributed by atoms with E-state index in [0.29, 0.717) is 12.4 Å². The largest absolute Gasteiger partial charge is 0.482 e. The summed E-state index contributed by atoms with van der Waals surface area (Å²) in [4.78, 5) is 11.1. The second-order valence-corrected chi connectivity index (χ2v) is 3.63. The Morgan fingerprint density at radius 3 is 2.56 bits per heavy atom. The van der Waals surface area contributed by atoms with Gasteiger partial charge in [0.2, 0.25) is 0 Å². The fourth-order valence-electron chi connectivity index (χ4n) is 1.52. The predicted octanol–water partition coefficient (Wildman–Crippen LogP) is 2.89. The van der Waals surface area contributed by atoms with E-state index >= 15 is 0 Å². The number of carbonyl (C=O) groups is 1. The number of ether oxygens (including phenoxy) is 2. The van der Waals surface area contributed by atoms with Crippen LogP contribution in [0.25, 0.3) is 11.1 Å². The molecule has 0 spiro atoms. The molecule has 1 aromatic carbocycles. The molecule has 18 heavy (non-hydrogen) atoms. The Bertz CT molecular complexity index is 485. The maximum atomic E-state index is 11.1. The summed E-state index contributed by atoms with van der Waals surface area (Å²) in [7, 11) is 0. The molecule has 0 aliphatic rings. The Hall–Kier alpha value is -2.23. The van der Waals surface area contributed by atoms with Gasteiger partial charge in [0, 0.05) is 5.56 Å². The van der Waals surface area contributed by atoms with Gasteiger partial charge in [0.15, 0.2) is 6.61 Å². The van der Waals surface area contributed by atoms with Crippen LogP contribution in [0.1, 0.15) is 6.92 Å². The average molecular weight is 246 g/mol. The van der Waals surface area contributed by atoms with Gasteiger partial charge in [0.1, 0.15) is 5.75 Å². The number of hydrogen-bond donors (Lipinski definition) is 0. The Morgan fingerprint density at radius 1 is 1.17 bits per heavy atom. The first-order valence-electron chi connectivity index (χ1n) is 5.70. The fourth-order valence-corrected chi connectivity index (χ4v) is 1.52. The minimum absolute atomic E-state index is 0.0705. The van der Waals surface area contributed by atoms with Crippen molar-refractivity contribution in [2.75, 3.05) is 13.2 Å². The first-order chi connectivity index (χ1) is 8.79. The molecule has 0 amide bonds. The average Bonchev–Trinajstić information content (AvgIpc) is 2.91. The molecule has 0 radical (unpaired) electrons. The summed E-state index contributed by atoms with van der Waals surface area (Å²) in [6.45, 7) is 2.05. The van der Waals surface area contributed by atoms with Crippen molar-refractivity contribution in [2.45, 2.75) is 6.92 Å². The quantitative estimate of drug-likeness (QED) is 0.761.